The van der Waals surface area contributed by atoms with E-state index < -0.39 is 23.8 Å². The molecule has 0 aliphatic carbocycles. The van der Waals surface area contributed by atoms with Gasteiger partial charge in [-0.1, -0.05) is 12.1 Å². The molecule has 2 aromatic rings. The second-order valence-corrected chi connectivity index (χ2v) is 5.23. The molecule has 1 heterocycles. The molecule has 0 fully saturated rings. The van der Waals surface area contributed by atoms with Gasteiger partial charge in [-0.15, -0.1) is 0 Å². The number of aliphatic hydroxyl groups excluding tert-OH is 1. The summed E-state index contributed by atoms with van der Waals surface area (Å²) in [6, 6.07) is 7.09. The molecular weight excluding hydrogens is 367 g/mol. The van der Waals surface area contributed by atoms with Crippen molar-refractivity contribution in [3.8, 4) is 0 Å². The van der Waals surface area contributed by atoms with Crippen molar-refractivity contribution in [2.75, 3.05) is 6.54 Å². The van der Waals surface area contributed by atoms with E-state index in [1.807, 2.05) is 0 Å². The number of aliphatic hydroxyl groups is 1. The topological polar surface area (TPSA) is 62.5 Å². The monoisotopic (exact) mass is 377 g/mol. The predicted octanol–water partition coefficient (Wildman–Crippen LogP) is 3.52. The zero-order chi connectivity index (χ0) is 16.3. The number of halogens is 4. The van der Waals surface area contributed by atoms with E-state index in [0.717, 1.165) is 12.1 Å². The van der Waals surface area contributed by atoms with E-state index in [1.165, 1.54) is 18.2 Å². The van der Waals surface area contributed by atoms with Gasteiger partial charge in [0.05, 0.1) is 11.7 Å². The SMILES string of the molecule is O=C(NC[C@@H](O)c1ccc(C(F)(F)F)cc1)c1ccc(Br)o1. The lowest BCUT2D eigenvalue weighted by Crippen LogP contribution is -2.28. The molecule has 0 aliphatic rings. The van der Waals surface area contributed by atoms with E-state index >= 15 is 0 Å². The van der Waals surface area contributed by atoms with Crippen molar-refractivity contribution in [3.63, 3.8) is 0 Å². The van der Waals surface area contributed by atoms with Crippen molar-refractivity contribution >= 4 is 21.8 Å². The lowest BCUT2D eigenvalue weighted by Gasteiger charge is -2.13. The normalized spacial score (nSPS) is 13.0. The number of furan rings is 1. The van der Waals surface area contributed by atoms with Gasteiger partial charge in [0.2, 0.25) is 0 Å². The number of hydrogen-bond donors (Lipinski definition) is 2. The van der Waals surface area contributed by atoms with Gasteiger partial charge in [-0.05, 0) is 45.8 Å². The summed E-state index contributed by atoms with van der Waals surface area (Å²) in [6.07, 6.45) is -5.55. The molecule has 0 unspecified atom stereocenters. The number of nitrogens with one attached hydrogen (secondary N) is 1. The number of carbonyl (C=O) groups excluding carboxylic acids is 1. The standard InChI is InChI=1S/C14H11BrF3NO3/c15-12-6-5-11(22-12)13(21)19-7-10(20)8-1-3-9(4-2-8)14(16,17)18/h1-6,10,20H,7H2,(H,19,21)/t10-/m1/s1. The largest absolute Gasteiger partial charge is 0.444 e. The molecule has 0 radical (unpaired) electrons. The van der Waals surface area contributed by atoms with E-state index in [0.29, 0.717) is 4.67 Å². The van der Waals surface area contributed by atoms with Crippen molar-refractivity contribution in [1.82, 2.24) is 5.32 Å². The Bertz CT molecular complexity index is 652. The fourth-order valence-electron chi connectivity index (χ4n) is 1.72. The minimum Gasteiger partial charge on any atom is -0.444 e. The van der Waals surface area contributed by atoms with E-state index in [-0.39, 0.29) is 17.9 Å². The van der Waals surface area contributed by atoms with Crippen LogP contribution in [0.1, 0.15) is 27.8 Å². The summed E-state index contributed by atoms with van der Waals surface area (Å²) in [7, 11) is 0. The Balaban J connectivity index is 1.95. The third kappa shape index (κ3) is 4.11. The fourth-order valence-corrected chi connectivity index (χ4v) is 2.03. The van der Waals surface area contributed by atoms with Gasteiger partial charge in [0.1, 0.15) is 0 Å². The van der Waals surface area contributed by atoms with Crippen LogP contribution in [0, 0.1) is 0 Å². The van der Waals surface area contributed by atoms with Crippen LogP contribution in [0.3, 0.4) is 0 Å². The van der Waals surface area contributed by atoms with Gasteiger partial charge in [0.25, 0.3) is 5.91 Å². The quantitative estimate of drug-likeness (QED) is 0.856. The number of rotatable bonds is 4. The first kappa shape index (κ1) is 16.6. The smallest absolute Gasteiger partial charge is 0.416 e. The van der Waals surface area contributed by atoms with Crippen LogP contribution in [0.5, 0.6) is 0 Å². The molecule has 0 saturated carbocycles. The fraction of sp³-hybridized carbons (Fsp3) is 0.214. The summed E-state index contributed by atoms with van der Waals surface area (Å²) < 4.78 is 42.7. The molecule has 22 heavy (non-hydrogen) atoms. The van der Waals surface area contributed by atoms with Gasteiger partial charge < -0.3 is 14.8 Å². The minimum atomic E-state index is -4.43. The number of alkyl halides is 3. The summed E-state index contributed by atoms with van der Waals surface area (Å²) in [4.78, 5) is 11.7. The Labute approximate surface area is 132 Å². The van der Waals surface area contributed by atoms with Gasteiger partial charge in [-0.25, -0.2) is 0 Å². The molecule has 1 amide bonds. The van der Waals surface area contributed by atoms with Gasteiger partial charge in [-0.3, -0.25) is 4.79 Å². The lowest BCUT2D eigenvalue weighted by atomic mass is 10.1. The van der Waals surface area contributed by atoms with Gasteiger partial charge in [-0.2, -0.15) is 13.2 Å². The summed E-state index contributed by atoms with van der Waals surface area (Å²) >= 11 is 3.05. The molecule has 2 rings (SSSR count). The average molecular weight is 378 g/mol. The van der Waals surface area contributed by atoms with E-state index in [1.54, 1.807) is 6.07 Å². The summed E-state index contributed by atoms with van der Waals surface area (Å²) in [6.45, 7) is -0.150. The molecule has 0 saturated heterocycles. The third-order valence-corrected chi connectivity index (χ3v) is 3.30. The second-order valence-electron chi connectivity index (χ2n) is 4.45. The van der Waals surface area contributed by atoms with Crippen LogP contribution in [0.2, 0.25) is 0 Å². The van der Waals surface area contributed by atoms with Crippen molar-refractivity contribution in [3.05, 3.63) is 58.0 Å². The highest BCUT2D eigenvalue weighted by Crippen LogP contribution is 2.29. The number of benzene rings is 1. The zero-order valence-electron chi connectivity index (χ0n) is 11.0. The minimum absolute atomic E-state index is 0.0616. The first-order valence-electron chi connectivity index (χ1n) is 6.16. The summed E-state index contributed by atoms with van der Waals surface area (Å²) in [5.41, 5.74) is -0.526. The third-order valence-electron chi connectivity index (χ3n) is 2.88. The lowest BCUT2D eigenvalue weighted by molar-refractivity contribution is -0.137. The molecule has 1 aromatic heterocycles. The van der Waals surface area contributed by atoms with E-state index in [2.05, 4.69) is 21.2 Å². The van der Waals surface area contributed by atoms with Crippen molar-refractivity contribution in [1.29, 1.82) is 0 Å². The van der Waals surface area contributed by atoms with Crippen LogP contribution in [0.15, 0.2) is 45.5 Å². The van der Waals surface area contributed by atoms with Gasteiger partial charge >= 0.3 is 6.18 Å². The van der Waals surface area contributed by atoms with E-state index in [9.17, 15) is 23.1 Å². The molecule has 0 spiro atoms. The number of carbonyl (C=O) groups is 1. The van der Waals surface area contributed by atoms with Crippen LogP contribution in [0.4, 0.5) is 13.2 Å². The summed E-state index contributed by atoms with van der Waals surface area (Å²) in [5.74, 6) is -0.469. The van der Waals surface area contributed by atoms with Crippen LogP contribution in [0.25, 0.3) is 0 Å². The Morgan fingerprint density at radius 2 is 1.86 bits per heavy atom. The maximum atomic E-state index is 12.4. The maximum Gasteiger partial charge on any atom is 0.416 e. The molecule has 1 aromatic carbocycles. The molecule has 1 atom stereocenters. The van der Waals surface area contributed by atoms with Crippen molar-refractivity contribution < 1.29 is 27.5 Å². The van der Waals surface area contributed by atoms with E-state index in [4.69, 9.17) is 4.42 Å². The van der Waals surface area contributed by atoms with Crippen LogP contribution in [-0.2, 0) is 6.18 Å². The molecule has 0 bridgehead atoms. The van der Waals surface area contributed by atoms with Crippen LogP contribution in [-0.4, -0.2) is 17.6 Å². The van der Waals surface area contributed by atoms with Crippen molar-refractivity contribution in [2.24, 2.45) is 0 Å². The van der Waals surface area contributed by atoms with Gasteiger partial charge in [0, 0.05) is 6.54 Å². The van der Waals surface area contributed by atoms with Crippen LogP contribution < -0.4 is 5.32 Å². The maximum absolute atomic E-state index is 12.4. The molecule has 118 valence electrons. The number of amides is 1. The second kappa shape index (κ2) is 6.53. The first-order chi connectivity index (χ1) is 10.3. The highest BCUT2D eigenvalue weighted by Gasteiger charge is 2.30. The Hall–Kier alpha value is -1.80. The highest BCUT2D eigenvalue weighted by atomic mass is 79.9. The highest BCUT2D eigenvalue weighted by molar-refractivity contribution is 9.10. The Morgan fingerprint density at radius 3 is 2.36 bits per heavy atom. The van der Waals surface area contributed by atoms with Crippen molar-refractivity contribution in [2.45, 2.75) is 12.3 Å². The van der Waals surface area contributed by atoms with Crippen LogP contribution >= 0.6 is 15.9 Å². The average Bonchev–Trinajstić information content (AvgIpc) is 2.90. The molecule has 4 nitrogen and oxygen atoms in total. The number of hydrogen-bond acceptors (Lipinski definition) is 3. The zero-order valence-corrected chi connectivity index (χ0v) is 12.6. The Kier molecular flexibility index (Phi) is 4.92. The predicted molar refractivity (Wildman–Crippen MR) is 75.1 cm³/mol. The molecule has 0 aliphatic heterocycles. The molecule has 8 heteroatoms. The van der Waals surface area contributed by atoms with Gasteiger partial charge in [0.15, 0.2) is 10.4 Å². The summed E-state index contributed by atoms with van der Waals surface area (Å²) in [5, 5.41) is 12.3. The molecule has 2 N–H and O–H groups in total. The molecular formula is C14H11BrF3NO3. The Morgan fingerprint density at radius 1 is 1.23 bits per heavy atom. The first-order valence-corrected chi connectivity index (χ1v) is 6.95.